The highest BCUT2D eigenvalue weighted by molar-refractivity contribution is 7.20. The summed E-state index contributed by atoms with van der Waals surface area (Å²) in [5.41, 5.74) is 0.651. The summed E-state index contributed by atoms with van der Waals surface area (Å²) in [6, 6.07) is 11.7. The highest BCUT2D eigenvalue weighted by Crippen LogP contribution is 2.29. The van der Waals surface area contributed by atoms with Crippen LogP contribution in [0.1, 0.15) is 15.2 Å². The highest BCUT2D eigenvalue weighted by atomic mass is 32.1. The minimum absolute atomic E-state index is 0.0264. The van der Waals surface area contributed by atoms with E-state index in [0.717, 1.165) is 4.70 Å². The van der Waals surface area contributed by atoms with Crippen molar-refractivity contribution in [2.24, 2.45) is 0 Å². The van der Waals surface area contributed by atoms with E-state index in [4.69, 9.17) is 4.74 Å². The first-order valence-corrected chi connectivity index (χ1v) is 7.44. The summed E-state index contributed by atoms with van der Waals surface area (Å²) in [5.74, 6) is -0.871. The summed E-state index contributed by atoms with van der Waals surface area (Å²) >= 11 is 1.21. The number of hydrogen-bond donors (Lipinski definition) is 0. The number of nitrogens with zero attached hydrogens (tertiary/aromatic N) is 1. The zero-order chi connectivity index (χ0) is 16.4. The Morgan fingerprint density at radius 1 is 1.17 bits per heavy atom. The molecule has 0 amide bonds. The van der Waals surface area contributed by atoms with E-state index in [0.29, 0.717) is 15.8 Å². The maximum atomic E-state index is 12.8. The van der Waals surface area contributed by atoms with Crippen molar-refractivity contribution in [3.63, 3.8) is 0 Å². The van der Waals surface area contributed by atoms with Crippen LogP contribution in [0, 0.1) is 15.9 Å². The van der Waals surface area contributed by atoms with Crippen LogP contribution in [-0.4, -0.2) is 10.9 Å². The van der Waals surface area contributed by atoms with Crippen LogP contribution >= 0.6 is 11.3 Å². The first-order valence-electron chi connectivity index (χ1n) is 6.62. The lowest BCUT2D eigenvalue weighted by molar-refractivity contribution is -0.384. The first-order chi connectivity index (χ1) is 11.0. The largest absolute Gasteiger partial charge is 0.457 e. The van der Waals surface area contributed by atoms with Gasteiger partial charge >= 0.3 is 5.97 Å². The van der Waals surface area contributed by atoms with E-state index in [1.165, 1.54) is 47.7 Å². The van der Waals surface area contributed by atoms with Crippen molar-refractivity contribution < 1.29 is 18.8 Å². The van der Waals surface area contributed by atoms with Gasteiger partial charge in [-0.1, -0.05) is 12.1 Å². The van der Waals surface area contributed by atoms with Crippen LogP contribution in [0.3, 0.4) is 0 Å². The van der Waals surface area contributed by atoms with Crippen LogP contribution in [0.2, 0.25) is 0 Å². The maximum absolute atomic E-state index is 12.8. The third kappa shape index (κ3) is 3.35. The van der Waals surface area contributed by atoms with Crippen LogP contribution < -0.4 is 0 Å². The maximum Gasteiger partial charge on any atom is 0.348 e. The van der Waals surface area contributed by atoms with E-state index >= 15 is 0 Å². The van der Waals surface area contributed by atoms with E-state index in [1.54, 1.807) is 12.1 Å². The number of non-ortho nitro benzene ring substituents is 1. The van der Waals surface area contributed by atoms with Gasteiger partial charge in [-0.2, -0.15) is 0 Å². The van der Waals surface area contributed by atoms with E-state index < -0.39 is 10.9 Å². The van der Waals surface area contributed by atoms with Gasteiger partial charge in [-0.3, -0.25) is 10.1 Å². The fourth-order valence-electron chi connectivity index (χ4n) is 2.05. The fraction of sp³-hybridized carbons (Fsp3) is 0.0625. The van der Waals surface area contributed by atoms with Gasteiger partial charge in [0.05, 0.1) is 4.92 Å². The fourth-order valence-corrected chi connectivity index (χ4v) is 2.98. The molecule has 23 heavy (non-hydrogen) atoms. The third-order valence-electron chi connectivity index (χ3n) is 3.20. The Morgan fingerprint density at radius 2 is 1.91 bits per heavy atom. The monoisotopic (exact) mass is 331 g/mol. The lowest BCUT2D eigenvalue weighted by Gasteiger charge is -2.03. The van der Waals surface area contributed by atoms with Gasteiger partial charge in [0.1, 0.15) is 17.3 Å². The quantitative estimate of drug-likeness (QED) is 0.406. The second kappa shape index (κ2) is 6.13. The number of ether oxygens (including phenoxy) is 1. The molecule has 7 heteroatoms. The Bertz CT molecular complexity index is 889. The molecule has 0 N–H and O–H groups in total. The van der Waals surface area contributed by atoms with E-state index in [2.05, 4.69) is 0 Å². The average molecular weight is 331 g/mol. The van der Waals surface area contributed by atoms with Gasteiger partial charge < -0.3 is 4.74 Å². The topological polar surface area (TPSA) is 69.4 Å². The molecule has 0 unspecified atom stereocenters. The molecule has 0 atom stereocenters. The molecular weight excluding hydrogens is 321 g/mol. The predicted octanol–water partition coefficient (Wildman–Crippen LogP) is 4.31. The van der Waals surface area contributed by atoms with Crippen molar-refractivity contribution in [1.82, 2.24) is 0 Å². The summed E-state index contributed by atoms with van der Waals surface area (Å²) in [6.45, 7) is 0.0352. The van der Waals surface area contributed by atoms with Crippen LogP contribution in [0.4, 0.5) is 10.1 Å². The molecule has 0 saturated carbocycles. The van der Waals surface area contributed by atoms with E-state index in [9.17, 15) is 19.3 Å². The second-order valence-corrected chi connectivity index (χ2v) is 5.88. The normalized spacial score (nSPS) is 10.7. The molecule has 5 nitrogen and oxygen atoms in total. The zero-order valence-corrected chi connectivity index (χ0v) is 12.5. The standard InChI is InChI=1S/C16H10FNO4S/c17-12-3-1-10(2-4-12)9-22-16(19)15-8-11-7-13(18(20)21)5-6-14(11)23-15/h1-8H,9H2. The number of rotatable bonds is 4. The van der Waals surface area contributed by atoms with E-state index in [-0.39, 0.29) is 18.1 Å². The highest BCUT2D eigenvalue weighted by Gasteiger charge is 2.14. The van der Waals surface area contributed by atoms with Gasteiger partial charge in [0.15, 0.2) is 0 Å². The van der Waals surface area contributed by atoms with Crippen LogP contribution in [-0.2, 0) is 11.3 Å². The Balaban J connectivity index is 1.75. The molecule has 116 valence electrons. The summed E-state index contributed by atoms with van der Waals surface area (Å²) in [4.78, 5) is 22.7. The SMILES string of the molecule is O=C(OCc1ccc(F)cc1)c1cc2cc([N+](=O)[O-])ccc2s1. The molecule has 0 saturated heterocycles. The third-order valence-corrected chi connectivity index (χ3v) is 4.29. The Morgan fingerprint density at radius 3 is 2.61 bits per heavy atom. The molecule has 2 aromatic carbocycles. The first kappa shape index (κ1) is 15.1. The molecule has 3 rings (SSSR count). The van der Waals surface area contributed by atoms with Crippen molar-refractivity contribution in [3.05, 3.63) is 74.9 Å². The van der Waals surface area contributed by atoms with Crippen LogP contribution in [0.25, 0.3) is 10.1 Å². The van der Waals surface area contributed by atoms with Gasteiger partial charge in [0.2, 0.25) is 0 Å². The molecule has 1 heterocycles. The number of carbonyl (C=O) groups excluding carboxylic acids is 1. The summed E-state index contributed by atoms with van der Waals surface area (Å²) in [6.07, 6.45) is 0. The average Bonchev–Trinajstić information content (AvgIpc) is 2.97. The number of nitro benzene ring substituents is 1. The molecule has 1 aromatic heterocycles. The molecule has 0 radical (unpaired) electrons. The van der Waals surface area contributed by atoms with Crippen LogP contribution in [0.15, 0.2) is 48.5 Å². The molecule has 0 aliphatic carbocycles. The molecular formula is C16H10FNO4S. The zero-order valence-electron chi connectivity index (χ0n) is 11.7. The number of halogens is 1. The van der Waals surface area contributed by atoms with Crippen molar-refractivity contribution >= 4 is 33.1 Å². The van der Waals surface area contributed by atoms with Crippen molar-refractivity contribution in [1.29, 1.82) is 0 Å². The molecule has 0 aliphatic heterocycles. The van der Waals surface area contributed by atoms with Gasteiger partial charge in [-0.15, -0.1) is 11.3 Å². The second-order valence-electron chi connectivity index (χ2n) is 4.79. The molecule has 0 aliphatic rings. The van der Waals surface area contributed by atoms with Gasteiger partial charge in [-0.05, 0) is 29.8 Å². The molecule has 3 aromatic rings. The predicted molar refractivity (Wildman–Crippen MR) is 84.0 cm³/mol. The number of thiophene rings is 1. The number of benzene rings is 2. The molecule has 0 fully saturated rings. The summed E-state index contributed by atoms with van der Waals surface area (Å²) in [5, 5.41) is 11.4. The molecule has 0 bridgehead atoms. The lowest BCUT2D eigenvalue weighted by atomic mass is 10.2. The summed E-state index contributed by atoms with van der Waals surface area (Å²) in [7, 11) is 0. The number of esters is 1. The number of fused-ring (bicyclic) bond motifs is 1. The Labute approximate surface area is 134 Å². The number of carbonyl (C=O) groups is 1. The minimum atomic E-state index is -0.516. The molecule has 0 spiro atoms. The lowest BCUT2D eigenvalue weighted by Crippen LogP contribution is -2.03. The van der Waals surface area contributed by atoms with E-state index in [1.807, 2.05) is 0 Å². The van der Waals surface area contributed by atoms with Crippen molar-refractivity contribution in [2.45, 2.75) is 6.61 Å². The van der Waals surface area contributed by atoms with Crippen LogP contribution in [0.5, 0.6) is 0 Å². The minimum Gasteiger partial charge on any atom is -0.457 e. The van der Waals surface area contributed by atoms with Crippen molar-refractivity contribution in [3.8, 4) is 0 Å². The van der Waals surface area contributed by atoms with Gasteiger partial charge in [-0.25, -0.2) is 9.18 Å². The Kier molecular flexibility index (Phi) is 4.03. The van der Waals surface area contributed by atoms with Gasteiger partial charge in [0, 0.05) is 22.2 Å². The Hall–Kier alpha value is -2.80. The summed E-state index contributed by atoms with van der Waals surface area (Å²) < 4.78 is 18.7. The number of hydrogen-bond acceptors (Lipinski definition) is 5. The number of nitro groups is 1. The smallest absolute Gasteiger partial charge is 0.348 e. The van der Waals surface area contributed by atoms with Gasteiger partial charge in [0.25, 0.3) is 5.69 Å². The van der Waals surface area contributed by atoms with Crippen molar-refractivity contribution in [2.75, 3.05) is 0 Å².